The molecule has 0 bridgehead atoms. The van der Waals surface area contributed by atoms with E-state index in [4.69, 9.17) is 12.2 Å². The number of ketones is 1. The van der Waals surface area contributed by atoms with Gasteiger partial charge in [-0.1, -0.05) is 55.2 Å². The Labute approximate surface area is 156 Å². The van der Waals surface area contributed by atoms with Crippen molar-refractivity contribution >= 4 is 51.8 Å². The summed E-state index contributed by atoms with van der Waals surface area (Å²) in [4.78, 5) is 26.2. The molecule has 1 heterocycles. The summed E-state index contributed by atoms with van der Waals surface area (Å²) in [7, 11) is 0. The lowest BCUT2D eigenvalue weighted by molar-refractivity contribution is -0.113. The van der Waals surface area contributed by atoms with Gasteiger partial charge in [-0.2, -0.15) is 0 Å². The quantitative estimate of drug-likeness (QED) is 0.439. The lowest BCUT2D eigenvalue weighted by atomic mass is 10.1. The first kappa shape index (κ1) is 17.6. The summed E-state index contributed by atoms with van der Waals surface area (Å²) in [5, 5.41) is 0. The minimum Gasteiger partial charge on any atom is -0.295 e. The number of thioether (sulfide) groups is 1. The molecule has 0 aliphatic carbocycles. The fourth-order valence-corrected chi connectivity index (χ4v) is 3.84. The molecule has 0 radical (unpaired) electrons. The lowest BCUT2D eigenvalue weighted by Crippen LogP contribution is -2.27. The fourth-order valence-electron chi connectivity index (χ4n) is 2.54. The number of Topliss-reactive ketones (excluding diaryl/α,β-unsaturated/α-hetero) is 1. The lowest BCUT2D eigenvalue weighted by Gasteiger charge is -2.14. The summed E-state index contributed by atoms with van der Waals surface area (Å²) in [6, 6.07) is 15.1. The molecule has 0 N–H and O–H groups in total. The first-order valence-electron chi connectivity index (χ1n) is 7.97. The predicted octanol–water partition coefficient (Wildman–Crippen LogP) is 4.86. The SMILES string of the molecule is CCc1ccc(/C=C2\SC(=S)N(c3ccc(C(C)=O)cc3)C2=O)cc1. The van der Waals surface area contributed by atoms with Crippen LogP contribution < -0.4 is 4.90 Å². The molecule has 1 aliphatic rings. The van der Waals surface area contributed by atoms with E-state index >= 15 is 0 Å². The van der Waals surface area contributed by atoms with Gasteiger partial charge in [-0.25, -0.2) is 0 Å². The van der Waals surface area contributed by atoms with Gasteiger partial charge in [-0.3, -0.25) is 14.5 Å². The fraction of sp³-hybridized carbons (Fsp3) is 0.150. The Morgan fingerprint density at radius 2 is 1.76 bits per heavy atom. The first-order valence-corrected chi connectivity index (χ1v) is 9.20. The van der Waals surface area contributed by atoms with Crippen LogP contribution in [0.1, 0.15) is 35.3 Å². The topological polar surface area (TPSA) is 37.4 Å². The maximum atomic E-state index is 12.7. The Hall–Kier alpha value is -2.24. The minimum atomic E-state index is -0.134. The summed E-state index contributed by atoms with van der Waals surface area (Å²) in [5.74, 6) is -0.141. The zero-order chi connectivity index (χ0) is 18.0. The normalized spacial score (nSPS) is 15.9. The van der Waals surface area contributed by atoms with Gasteiger partial charge in [0.05, 0.1) is 10.6 Å². The number of carbonyl (C=O) groups is 2. The molecule has 3 nitrogen and oxygen atoms in total. The van der Waals surface area contributed by atoms with Crippen molar-refractivity contribution < 1.29 is 9.59 Å². The van der Waals surface area contributed by atoms with Crippen LogP contribution in [0.3, 0.4) is 0 Å². The smallest absolute Gasteiger partial charge is 0.270 e. The Balaban J connectivity index is 1.86. The van der Waals surface area contributed by atoms with Crippen LogP contribution in [0.4, 0.5) is 5.69 Å². The maximum Gasteiger partial charge on any atom is 0.270 e. The van der Waals surface area contributed by atoms with Gasteiger partial charge >= 0.3 is 0 Å². The van der Waals surface area contributed by atoms with E-state index in [-0.39, 0.29) is 11.7 Å². The molecule has 0 atom stereocenters. The maximum absolute atomic E-state index is 12.7. The first-order chi connectivity index (χ1) is 12.0. The van der Waals surface area contributed by atoms with Gasteiger partial charge in [0, 0.05) is 5.56 Å². The largest absolute Gasteiger partial charge is 0.295 e. The second kappa shape index (κ2) is 7.33. The van der Waals surface area contributed by atoms with Crippen LogP contribution in [0.25, 0.3) is 6.08 Å². The Kier molecular flexibility index (Phi) is 5.16. The van der Waals surface area contributed by atoms with Crippen molar-refractivity contribution in [3.8, 4) is 0 Å². The van der Waals surface area contributed by atoms with Crippen LogP contribution in [0.5, 0.6) is 0 Å². The molecule has 25 heavy (non-hydrogen) atoms. The van der Waals surface area contributed by atoms with Gasteiger partial charge in [0.1, 0.15) is 0 Å². The third kappa shape index (κ3) is 3.72. The highest BCUT2D eigenvalue weighted by atomic mass is 32.2. The molecule has 5 heteroatoms. The number of anilines is 1. The van der Waals surface area contributed by atoms with Crippen molar-refractivity contribution in [3.63, 3.8) is 0 Å². The van der Waals surface area contributed by atoms with Gasteiger partial charge in [-0.05, 0) is 54.8 Å². The molecule has 3 rings (SSSR count). The molecule has 1 aliphatic heterocycles. The number of carbonyl (C=O) groups excluding carboxylic acids is 2. The van der Waals surface area contributed by atoms with Crippen molar-refractivity contribution in [1.82, 2.24) is 0 Å². The number of hydrogen-bond acceptors (Lipinski definition) is 4. The number of benzene rings is 2. The monoisotopic (exact) mass is 367 g/mol. The van der Waals surface area contributed by atoms with Crippen molar-refractivity contribution in [2.45, 2.75) is 20.3 Å². The number of aryl methyl sites for hydroxylation is 1. The number of amides is 1. The summed E-state index contributed by atoms with van der Waals surface area (Å²) in [5.41, 5.74) is 3.53. The average molecular weight is 367 g/mol. The van der Waals surface area contributed by atoms with Crippen LogP contribution in [0.2, 0.25) is 0 Å². The number of hydrogen-bond donors (Lipinski definition) is 0. The third-order valence-electron chi connectivity index (χ3n) is 4.01. The molecule has 2 aromatic carbocycles. The second-order valence-electron chi connectivity index (χ2n) is 5.72. The Bertz CT molecular complexity index is 868. The molecule has 126 valence electrons. The summed E-state index contributed by atoms with van der Waals surface area (Å²) < 4.78 is 0.497. The summed E-state index contributed by atoms with van der Waals surface area (Å²) >= 11 is 6.67. The standard InChI is InChI=1S/C20H17NO2S2/c1-3-14-4-6-15(7-5-14)12-18-19(23)21(20(24)25-18)17-10-8-16(9-11-17)13(2)22/h4-12H,3H2,1-2H3/b18-12-. The molecule has 1 saturated heterocycles. The molecule has 1 fully saturated rings. The van der Waals surface area contributed by atoms with Crippen LogP contribution in [-0.2, 0) is 11.2 Å². The van der Waals surface area contributed by atoms with E-state index in [2.05, 4.69) is 19.1 Å². The van der Waals surface area contributed by atoms with Crippen LogP contribution in [0.15, 0.2) is 53.4 Å². The van der Waals surface area contributed by atoms with E-state index in [1.807, 2.05) is 18.2 Å². The zero-order valence-corrected chi connectivity index (χ0v) is 15.6. The van der Waals surface area contributed by atoms with Gasteiger partial charge in [-0.15, -0.1) is 0 Å². The predicted molar refractivity (Wildman–Crippen MR) is 108 cm³/mol. The van der Waals surface area contributed by atoms with Gasteiger partial charge in [0.25, 0.3) is 5.91 Å². The highest BCUT2D eigenvalue weighted by Crippen LogP contribution is 2.36. The van der Waals surface area contributed by atoms with E-state index in [1.54, 1.807) is 24.3 Å². The highest BCUT2D eigenvalue weighted by Gasteiger charge is 2.33. The minimum absolute atomic E-state index is 0.00707. The van der Waals surface area contributed by atoms with Gasteiger partial charge < -0.3 is 0 Å². The number of rotatable bonds is 4. The van der Waals surface area contributed by atoms with Crippen molar-refractivity contribution in [3.05, 3.63) is 70.1 Å². The van der Waals surface area contributed by atoms with E-state index in [0.717, 1.165) is 12.0 Å². The molecular weight excluding hydrogens is 350 g/mol. The van der Waals surface area contributed by atoms with Crippen LogP contribution >= 0.6 is 24.0 Å². The van der Waals surface area contributed by atoms with E-state index in [9.17, 15) is 9.59 Å². The molecule has 1 amide bonds. The molecule has 2 aromatic rings. The van der Waals surface area contributed by atoms with Crippen LogP contribution in [-0.4, -0.2) is 16.0 Å². The van der Waals surface area contributed by atoms with Crippen molar-refractivity contribution in [2.24, 2.45) is 0 Å². The summed E-state index contributed by atoms with van der Waals surface area (Å²) in [6.45, 7) is 3.62. The average Bonchev–Trinajstić information content (AvgIpc) is 2.89. The molecule has 0 unspecified atom stereocenters. The number of nitrogens with zero attached hydrogens (tertiary/aromatic N) is 1. The Morgan fingerprint density at radius 1 is 1.12 bits per heavy atom. The highest BCUT2D eigenvalue weighted by molar-refractivity contribution is 8.27. The summed E-state index contributed by atoms with van der Waals surface area (Å²) in [6.07, 6.45) is 2.85. The van der Waals surface area contributed by atoms with Gasteiger partial charge in [0.2, 0.25) is 0 Å². The van der Waals surface area contributed by atoms with Crippen molar-refractivity contribution in [1.29, 1.82) is 0 Å². The van der Waals surface area contributed by atoms with Crippen LogP contribution in [0, 0.1) is 0 Å². The molecule has 0 saturated carbocycles. The molecular formula is C20H17NO2S2. The molecule has 0 aromatic heterocycles. The Morgan fingerprint density at radius 3 is 2.32 bits per heavy atom. The zero-order valence-electron chi connectivity index (χ0n) is 14.0. The number of thiocarbonyl (C=S) groups is 1. The second-order valence-corrected chi connectivity index (χ2v) is 7.39. The van der Waals surface area contributed by atoms with Gasteiger partial charge in [0.15, 0.2) is 10.1 Å². The molecule has 0 spiro atoms. The van der Waals surface area contributed by atoms with Crippen molar-refractivity contribution in [2.75, 3.05) is 4.90 Å². The van der Waals surface area contributed by atoms with E-state index < -0.39 is 0 Å². The third-order valence-corrected chi connectivity index (χ3v) is 5.31. The van der Waals surface area contributed by atoms with E-state index in [0.29, 0.717) is 20.5 Å². The van der Waals surface area contributed by atoms with E-state index in [1.165, 1.54) is 29.1 Å².